The van der Waals surface area contributed by atoms with E-state index in [2.05, 4.69) is 29.8 Å². The molecule has 1 unspecified atom stereocenters. The van der Waals surface area contributed by atoms with E-state index in [1.165, 1.54) is 37.8 Å². The molecule has 1 N–H and O–H groups in total. The number of rotatable bonds is 4. The highest BCUT2D eigenvalue weighted by Gasteiger charge is 2.24. The number of benzene rings is 1. The van der Waals surface area contributed by atoms with E-state index in [9.17, 15) is 5.11 Å². The number of nitrogens with zero attached hydrogens (tertiary/aromatic N) is 1. The van der Waals surface area contributed by atoms with Gasteiger partial charge < -0.3 is 9.67 Å². The molecule has 0 radical (unpaired) electrons. The summed E-state index contributed by atoms with van der Waals surface area (Å²) in [6.45, 7) is 2.12. The Bertz CT molecular complexity index is 554. The van der Waals surface area contributed by atoms with Crippen molar-refractivity contribution in [3.05, 3.63) is 59.9 Å². The Morgan fingerprint density at radius 2 is 1.71 bits per heavy atom. The van der Waals surface area contributed by atoms with Crippen LogP contribution >= 0.6 is 0 Å². The van der Waals surface area contributed by atoms with Crippen LogP contribution in [0.3, 0.4) is 0 Å². The third-order valence-electron chi connectivity index (χ3n) is 4.87. The lowest BCUT2D eigenvalue weighted by Crippen LogP contribution is -2.18. The maximum absolute atomic E-state index is 10.7. The van der Waals surface area contributed by atoms with Gasteiger partial charge in [0.2, 0.25) is 0 Å². The van der Waals surface area contributed by atoms with Gasteiger partial charge in [-0.15, -0.1) is 0 Å². The van der Waals surface area contributed by atoms with E-state index in [1.54, 1.807) is 0 Å². The lowest BCUT2D eigenvalue weighted by molar-refractivity contribution is 0.119. The van der Waals surface area contributed by atoms with Crippen LogP contribution in [0.5, 0.6) is 0 Å². The van der Waals surface area contributed by atoms with Gasteiger partial charge in [0.1, 0.15) is 0 Å². The van der Waals surface area contributed by atoms with E-state index >= 15 is 0 Å². The van der Waals surface area contributed by atoms with Crippen molar-refractivity contribution in [1.29, 1.82) is 0 Å². The van der Waals surface area contributed by atoms with Crippen LogP contribution in [0.25, 0.3) is 0 Å². The predicted octanol–water partition coefficient (Wildman–Crippen LogP) is 4.83. The second-order valence-corrected chi connectivity index (χ2v) is 6.27. The van der Waals surface area contributed by atoms with E-state index < -0.39 is 6.10 Å². The highest BCUT2D eigenvalue weighted by Crippen LogP contribution is 2.36. The minimum Gasteiger partial charge on any atom is -0.386 e. The molecular weight excluding hydrogens is 258 g/mol. The molecular formula is C19H25NO. The van der Waals surface area contributed by atoms with Crippen molar-refractivity contribution in [1.82, 2.24) is 4.57 Å². The monoisotopic (exact) mass is 283 g/mol. The summed E-state index contributed by atoms with van der Waals surface area (Å²) in [4.78, 5) is 0. The van der Waals surface area contributed by atoms with Crippen molar-refractivity contribution in [3.63, 3.8) is 0 Å². The zero-order valence-electron chi connectivity index (χ0n) is 12.8. The van der Waals surface area contributed by atoms with Gasteiger partial charge in [-0.1, -0.05) is 49.6 Å². The summed E-state index contributed by atoms with van der Waals surface area (Å²) in [6, 6.07) is 14.4. The van der Waals surface area contributed by atoms with Crippen LogP contribution < -0.4 is 0 Å². The normalized spacial score (nSPS) is 19.3. The largest absolute Gasteiger partial charge is 0.386 e. The first-order chi connectivity index (χ1) is 10.3. The second kappa shape index (κ2) is 6.48. The first-order valence-electron chi connectivity index (χ1n) is 8.17. The minimum atomic E-state index is -0.457. The van der Waals surface area contributed by atoms with Gasteiger partial charge in [-0.05, 0) is 43.4 Å². The minimum absolute atomic E-state index is 0.0688. The Balaban J connectivity index is 1.81. The average Bonchev–Trinajstić information content (AvgIpc) is 3.04. The Labute approximate surface area is 127 Å². The van der Waals surface area contributed by atoms with Gasteiger partial charge in [-0.3, -0.25) is 0 Å². The molecule has 0 bridgehead atoms. The van der Waals surface area contributed by atoms with Gasteiger partial charge in [0.05, 0.1) is 12.1 Å². The van der Waals surface area contributed by atoms with E-state index in [-0.39, 0.29) is 6.04 Å². The van der Waals surface area contributed by atoms with Crippen LogP contribution in [0.15, 0.2) is 48.7 Å². The molecule has 0 aliphatic heterocycles. The Morgan fingerprint density at radius 1 is 1.00 bits per heavy atom. The molecule has 112 valence electrons. The van der Waals surface area contributed by atoms with Crippen molar-refractivity contribution in [3.8, 4) is 0 Å². The summed E-state index contributed by atoms with van der Waals surface area (Å²) in [7, 11) is 0. The van der Waals surface area contributed by atoms with Crippen LogP contribution in [0.1, 0.15) is 68.3 Å². The van der Waals surface area contributed by atoms with Crippen LogP contribution in [0.4, 0.5) is 0 Å². The third-order valence-corrected chi connectivity index (χ3v) is 4.87. The van der Waals surface area contributed by atoms with Crippen LogP contribution in [0.2, 0.25) is 0 Å². The fraction of sp³-hybridized carbons (Fsp3) is 0.474. The number of aliphatic hydroxyl groups excluding tert-OH is 1. The molecule has 1 aliphatic carbocycles. The zero-order chi connectivity index (χ0) is 14.7. The summed E-state index contributed by atoms with van der Waals surface area (Å²) < 4.78 is 2.29. The van der Waals surface area contributed by atoms with Crippen molar-refractivity contribution >= 4 is 0 Å². The molecule has 1 heterocycles. The molecule has 2 nitrogen and oxygen atoms in total. The summed E-state index contributed by atoms with van der Waals surface area (Å²) >= 11 is 0. The average molecular weight is 283 g/mol. The van der Waals surface area contributed by atoms with Gasteiger partial charge in [-0.2, -0.15) is 0 Å². The maximum Gasteiger partial charge on any atom is 0.0994 e. The van der Waals surface area contributed by atoms with Crippen LogP contribution in [-0.4, -0.2) is 9.67 Å². The highest BCUT2D eigenvalue weighted by molar-refractivity contribution is 5.21. The summed E-state index contributed by atoms with van der Waals surface area (Å²) in [5.74, 6) is 0.666. The van der Waals surface area contributed by atoms with E-state index in [0.29, 0.717) is 5.92 Å². The Morgan fingerprint density at radius 3 is 2.43 bits per heavy atom. The molecule has 1 aromatic heterocycles. The molecule has 1 fully saturated rings. The van der Waals surface area contributed by atoms with Gasteiger partial charge in [0.15, 0.2) is 0 Å². The topological polar surface area (TPSA) is 25.2 Å². The van der Waals surface area contributed by atoms with E-state index in [0.717, 1.165) is 5.56 Å². The maximum atomic E-state index is 10.7. The third kappa shape index (κ3) is 3.06. The van der Waals surface area contributed by atoms with Crippen LogP contribution in [-0.2, 0) is 0 Å². The molecule has 1 aliphatic rings. The molecule has 0 amide bonds. The SMILES string of the molecule is C[C@@H](C(O)c1ccccc1)n1cccc1C1CCCCC1. The molecule has 0 spiro atoms. The van der Waals surface area contributed by atoms with Gasteiger partial charge in [0, 0.05) is 11.9 Å². The molecule has 2 atom stereocenters. The summed E-state index contributed by atoms with van der Waals surface area (Å²) in [5.41, 5.74) is 2.39. The molecule has 1 aromatic carbocycles. The quantitative estimate of drug-likeness (QED) is 0.854. The molecule has 0 saturated heterocycles. The predicted molar refractivity (Wildman–Crippen MR) is 86.4 cm³/mol. The zero-order valence-corrected chi connectivity index (χ0v) is 12.8. The molecule has 21 heavy (non-hydrogen) atoms. The van der Waals surface area contributed by atoms with E-state index in [1.807, 2.05) is 30.3 Å². The number of aliphatic hydroxyl groups is 1. The summed E-state index contributed by atoms with van der Waals surface area (Å²) in [5, 5.41) is 10.7. The Hall–Kier alpha value is -1.54. The lowest BCUT2D eigenvalue weighted by Gasteiger charge is -2.28. The first-order valence-corrected chi connectivity index (χ1v) is 8.17. The first kappa shape index (κ1) is 14.4. The Kier molecular flexibility index (Phi) is 4.45. The van der Waals surface area contributed by atoms with Gasteiger partial charge >= 0.3 is 0 Å². The fourth-order valence-electron chi connectivity index (χ4n) is 3.60. The van der Waals surface area contributed by atoms with Crippen LogP contribution in [0, 0.1) is 0 Å². The standard InChI is InChI=1S/C19H25NO/c1-15(19(21)17-11-6-3-7-12-17)20-14-8-13-18(20)16-9-4-2-5-10-16/h3,6-8,11-16,19,21H,2,4-5,9-10H2,1H3/t15-,19?/m0/s1. The summed E-state index contributed by atoms with van der Waals surface area (Å²) in [6.07, 6.45) is 8.30. The fourth-order valence-corrected chi connectivity index (χ4v) is 3.60. The highest BCUT2D eigenvalue weighted by atomic mass is 16.3. The lowest BCUT2D eigenvalue weighted by atomic mass is 9.86. The van der Waals surface area contributed by atoms with Gasteiger partial charge in [-0.25, -0.2) is 0 Å². The number of aromatic nitrogens is 1. The van der Waals surface area contributed by atoms with Gasteiger partial charge in [0.25, 0.3) is 0 Å². The van der Waals surface area contributed by atoms with Crippen molar-refractivity contribution in [2.45, 2.75) is 57.1 Å². The van der Waals surface area contributed by atoms with Crippen molar-refractivity contribution in [2.24, 2.45) is 0 Å². The van der Waals surface area contributed by atoms with E-state index in [4.69, 9.17) is 0 Å². The molecule has 3 rings (SSSR count). The second-order valence-electron chi connectivity index (χ2n) is 6.27. The number of hydrogen-bond acceptors (Lipinski definition) is 1. The van der Waals surface area contributed by atoms with Crippen molar-refractivity contribution < 1.29 is 5.11 Å². The smallest absolute Gasteiger partial charge is 0.0994 e. The van der Waals surface area contributed by atoms with Crippen molar-refractivity contribution in [2.75, 3.05) is 0 Å². The molecule has 2 aromatic rings. The number of hydrogen-bond donors (Lipinski definition) is 1. The molecule has 2 heteroatoms. The molecule has 1 saturated carbocycles.